The number of nitrogens with one attached hydrogen (secondary N) is 1. The molecule has 0 aliphatic carbocycles. The van der Waals surface area contributed by atoms with E-state index < -0.39 is 0 Å². The van der Waals surface area contributed by atoms with Gasteiger partial charge in [0.2, 0.25) is 0 Å². The first-order valence-corrected chi connectivity index (χ1v) is 10.5. The van der Waals surface area contributed by atoms with Gasteiger partial charge >= 0.3 is 0 Å². The van der Waals surface area contributed by atoms with Gasteiger partial charge in [0, 0.05) is 31.6 Å². The molecule has 0 bridgehead atoms. The highest BCUT2D eigenvalue weighted by Gasteiger charge is 2.38. The summed E-state index contributed by atoms with van der Waals surface area (Å²) in [7, 11) is 0. The van der Waals surface area contributed by atoms with E-state index in [1.807, 2.05) is 6.07 Å². The maximum absolute atomic E-state index is 14.8. The Labute approximate surface area is 172 Å². The van der Waals surface area contributed by atoms with E-state index in [-0.39, 0.29) is 11.4 Å². The number of halogens is 1. The largest absolute Gasteiger partial charge is 0.482 e. The van der Waals surface area contributed by atoms with Crippen LogP contribution in [0, 0.1) is 5.82 Å². The SMILES string of the molecule is C=C(c1ccc(C2=CC3(CCNCC3)Oc3cccc(F)c32)cc1)N(CC)CC. The van der Waals surface area contributed by atoms with Crippen LogP contribution >= 0.6 is 0 Å². The number of ether oxygens (including phenoxy) is 1. The van der Waals surface area contributed by atoms with Crippen LogP contribution in [0.4, 0.5) is 4.39 Å². The summed E-state index contributed by atoms with van der Waals surface area (Å²) in [4.78, 5) is 2.24. The lowest BCUT2D eigenvalue weighted by Crippen LogP contribution is -2.46. The van der Waals surface area contributed by atoms with E-state index in [2.05, 4.69) is 61.0 Å². The van der Waals surface area contributed by atoms with Crippen molar-refractivity contribution in [2.75, 3.05) is 26.2 Å². The lowest BCUT2D eigenvalue weighted by Gasteiger charge is -2.40. The third-order valence-corrected chi connectivity index (χ3v) is 6.09. The van der Waals surface area contributed by atoms with Gasteiger partial charge in [0.25, 0.3) is 0 Å². The van der Waals surface area contributed by atoms with Gasteiger partial charge in [-0.3, -0.25) is 0 Å². The highest BCUT2D eigenvalue weighted by atomic mass is 19.1. The molecular formula is C25H29FN2O. The van der Waals surface area contributed by atoms with Crippen molar-refractivity contribution in [2.24, 2.45) is 0 Å². The van der Waals surface area contributed by atoms with Crippen LogP contribution in [0.25, 0.3) is 11.3 Å². The van der Waals surface area contributed by atoms with Crippen LogP contribution in [-0.4, -0.2) is 36.7 Å². The van der Waals surface area contributed by atoms with Gasteiger partial charge in [0.05, 0.1) is 5.56 Å². The van der Waals surface area contributed by atoms with E-state index in [9.17, 15) is 4.39 Å². The molecule has 3 nitrogen and oxygen atoms in total. The highest BCUT2D eigenvalue weighted by Crippen LogP contribution is 2.43. The fourth-order valence-electron chi connectivity index (χ4n) is 4.39. The Kier molecular flexibility index (Phi) is 5.46. The number of rotatable bonds is 5. The first-order chi connectivity index (χ1) is 14.1. The molecule has 0 unspecified atom stereocenters. The first kappa shape index (κ1) is 19.7. The van der Waals surface area contributed by atoms with Gasteiger partial charge in [-0.1, -0.05) is 36.9 Å². The minimum absolute atomic E-state index is 0.242. The second-order valence-corrected chi connectivity index (χ2v) is 7.78. The van der Waals surface area contributed by atoms with Crippen molar-refractivity contribution in [1.82, 2.24) is 10.2 Å². The average Bonchev–Trinajstić information content (AvgIpc) is 2.74. The predicted octanol–water partition coefficient (Wildman–Crippen LogP) is 5.08. The average molecular weight is 393 g/mol. The summed E-state index contributed by atoms with van der Waals surface area (Å²) in [5, 5.41) is 3.39. The smallest absolute Gasteiger partial charge is 0.134 e. The van der Waals surface area contributed by atoms with Crippen molar-refractivity contribution in [1.29, 1.82) is 0 Å². The van der Waals surface area contributed by atoms with Gasteiger partial charge in [-0.25, -0.2) is 4.39 Å². The Morgan fingerprint density at radius 1 is 1.10 bits per heavy atom. The molecule has 1 N–H and O–H groups in total. The third kappa shape index (κ3) is 3.69. The van der Waals surface area contributed by atoms with Crippen LogP contribution in [0.5, 0.6) is 5.75 Å². The summed E-state index contributed by atoms with van der Waals surface area (Å²) in [5.74, 6) is 0.398. The molecule has 4 heteroatoms. The van der Waals surface area contributed by atoms with Crippen molar-refractivity contribution in [3.63, 3.8) is 0 Å². The third-order valence-electron chi connectivity index (χ3n) is 6.09. The number of piperidine rings is 1. The van der Waals surface area contributed by atoms with Crippen LogP contribution in [0.1, 0.15) is 43.4 Å². The van der Waals surface area contributed by atoms with Gasteiger partial charge in [0.15, 0.2) is 0 Å². The molecule has 4 rings (SSSR count). The fraction of sp³-hybridized carbons (Fsp3) is 0.360. The summed E-state index contributed by atoms with van der Waals surface area (Å²) in [6, 6.07) is 13.4. The number of nitrogens with zero attached hydrogens (tertiary/aromatic N) is 1. The number of hydrogen-bond donors (Lipinski definition) is 1. The van der Waals surface area contributed by atoms with Crippen molar-refractivity contribution in [2.45, 2.75) is 32.3 Å². The fourth-order valence-corrected chi connectivity index (χ4v) is 4.39. The van der Waals surface area contributed by atoms with Gasteiger partial charge < -0.3 is 15.0 Å². The van der Waals surface area contributed by atoms with Crippen LogP contribution in [-0.2, 0) is 0 Å². The molecule has 1 fully saturated rings. The van der Waals surface area contributed by atoms with Crippen molar-refractivity contribution in [3.8, 4) is 5.75 Å². The Balaban J connectivity index is 1.74. The van der Waals surface area contributed by atoms with Crippen LogP contribution < -0.4 is 10.1 Å². The Morgan fingerprint density at radius 3 is 2.45 bits per heavy atom. The molecule has 152 valence electrons. The first-order valence-electron chi connectivity index (χ1n) is 10.5. The molecule has 2 aliphatic heterocycles. The van der Waals surface area contributed by atoms with E-state index in [4.69, 9.17) is 4.74 Å². The predicted molar refractivity (Wildman–Crippen MR) is 117 cm³/mol. The molecule has 2 heterocycles. The maximum Gasteiger partial charge on any atom is 0.134 e. The molecule has 2 aromatic carbocycles. The number of hydrogen-bond acceptors (Lipinski definition) is 3. The molecule has 0 atom stereocenters. The summed E-state index contributed by atoms with van der Waals surface area (Å²) in [6.45, 7) is 12.2. The molecule has 2 aliphatic rings. The molecule has 1 spiro atoms. The van der Waals surface area contributed by atoms with E-state index in [1.54, 1.807) is 6.07 Å². The van der Waals surface area contributed by atoms with Crippen LogP contribution in [0.2, 0.25) is 0 Å². The Hall–Kier alpha value is -2.59. The van der Waals surface area contributed by atoms with Gasteiger partial charge in [-0.15, -0.1) is 0 Å². The molecule has 29 heavy (non-hydrogen) atoms. The summed E-state index contributed by atoms with van der Waals surface area (Å²) in [6.07, 6.45) is 3.90. The van der Waals surface area contributed by atoms with Crippen LogP contribution in [0.3, 0.4) is 0 Å². The molecule has 0 aromatic heterocycles. The zero-order valence-corrected chi connectivity index (χ0v) is 17.3. The molecule has 0 amide bonds. The molecule has 0 saturated carbocycles. The van der Waals surface area contributed by atoms with Crippen molar-refractivity contribution in [3.05, 3.63) is 77.6 Å². The van der Waals surface area contributed by atoms with Gasteiger partial charge in [-0.05, 0) is 61.8 Å². The van der Waals surface area contributed by atoms with E-state index in [1.165, 1.54) is 6.07 Å². The molecule has 2 aromatic rings. The minimum Gasteiger partial charge on any atom is -0.482 e. The second kappa shape index (κ2) is 8.03. The topological polar surface area (TPSA) is 24.5 Å². The zero-order chi connectivity index (χ0) is 20.4. The monoisotopic (exact) mass is 392 g/mol. The number of fused-ring (bicyclic) bond motifs is 1. The quantitative estimate of drug-likeness (QED) is 0.768. The Morgan fingerprint density at radius 2 is 1.79 bits per heavy atom. The summed E-state index contributed by atoms with van der Waals surface area (Å²) >= 11 is 0. The zero-order valence-electron chi connectivity index (χ0n) is 17.3. The number of benzene rings is 2. The van der Waals surface area contributed by atoms with E-state index >= 15 is 0 Å². The highest BCUT2D eigenvalue weighted by molar-refractivity contribution is 5.85. The van der Waals surface area contributed by atoms with Gasteiger partial charge in [-0.2, -0.15) is 0 Å². The summed E-state index contributed by atoms with van der Waals surface area (Å²) in [5.41, 5.74) is 4.23. The standard InChI is InChI=1S/C25H29FN2O/c1-4-28(5-2)18(3)19-9-11-20(12-10-19)21-17-25(13-15-27-16-14-25)29-23-8-6-7-22(26)24(21)23/h6-12,17,27H,3-5,13-16H2,1-2H3. The maximum atomic E-state index is 14.8. The second-order valence-electron chi connectivity index (χ2n) is 7.78. The molecular weight excluding hydrogens is 363 g/mol. The summed E-state index contributed by atoms with van der Waals surface area (Å²) < 4.78 is 21.2. The van der Waals surface area contributed by atoms with Gasteiger partial charge in [0.1, 0.15) is 17.2 Å². The molecule has 1 saturated heterocycles. The van der Waals surface area contributed by atoms with Crippen molar-refractivity contribution < 1.29 is 9.13 Å². The normalized spacial score (nSPS) is 17.3. The lowest BCUT2D eigenvalue weighted by molar-refractivity contribution is 0.0811. The van der Waals surface area contributed by atoms with Crippen molar-refractivity contribution >= 4 is 11.3 Å². The Bertz CT molecular complexity index is 922. The van der Waals surface area contributed by atoms with E-state index in [0.29, 0.717) is 11.3 Å². The molecule has 0 radical (unpaired) electrons. The lowest BCUT2D eigenvalue weighted by atomic mass is 9.83. The van der Waals surface area contributed by atoms with E-state index in [0.717, 1.165) is 61.4 Å². The van der Waals surface area contributed by atoms with Crippen LogP contribution in [0.15, 0.2) is 55.1 Å². The minimum atomic E-state index is -0.370.